The van der Waals surface area contributed by atoms with Crippen molar-refractivity contribution in [3.05, 3.63) is 51.8 Å². The second-order valence-electron chi connectivity index (χ2n) is 5.25. The van der Waals surface area contributed by atoms with E-state index >= 15 is 0 Å². The first-order chi connectivity index (χ1) is 9.08. The molecular weight excluding hydrogens is 324 g/mol. The second kappa shape index (κ2) is 4.95. The molecule has 2 unspecified atom stereocenters. The standard InChI is InChI=1S/C15H16BrClN2/c1-9-13(15(17)19(2)18-9)8-11-7-10-5-3-4-6-12(10)14(11)16/h3-6,11,14H,7-8H2,1-2H3. The molecule has 4 heteroatoms. The van der Waals surface area contributed by atoms with Crippen LogP contribution in [0.1, 0.15) is 27.2 Å². The van der Waals surface area contributed by atoms with Gasteiger partial charge in [0.2, 0.25) is 0 Å². The summed E-state index contributed by atoms with van der Waals surface area (Å²) in [7, 11) is 1.90. The third-order valence-corrected chi connectivity index (χ3v) is 5.70. The molecule has 0 bridgehead atoms. The van der Waals surface area contributed by atoms with Crippen molar-refractivity contribution in [1.29, 1.82) is 0 Å². The summed E-state index contributed by atoms with van der Waals surface area (Å²) in [6, 6.07) is 8.66. The molecule has 0 saturated carbocycles. The molecule has 1 aliphatic rings. The molecule has 2 aromatic rings. The van der Waals surface area contributed by atoms with Crippen molar-refractivity contribution in [1.82, 2.24) is 9.78 Å². The zero-order valence-electron chi connectivity index (χ0n) is 11.0. The lowest BCUT2D eigenvalue weighted by Crippen LogP contribution is -2.07. The molecule has 0 saturated heterocycles. The Hall–Kier alpha value is -0.800. The van der Waals surface area contributed by atoms with Gasteiger partial charge in [0, 0.05) is 17.4 Å². The van der Waals surface area contributed by atoms with Gasteiger partial charge < -0.3 is 0 Å². The van der Waals surface area contributed by atoms with Gasteiger partial charge in [-0.2, -0.15) is 5.10 Å². The third-order valence-electron chi connectivity index (χ3n) is 3.98. The summed E-state index contributed by atoms with van der Waals surface area (Å²) >= 11 is 10.2. The molecule has 2 nitrogen and oxygen atoms in total. The minimum atomic E-state index is 0.416. The Morgan fingerprint density at radius 2 is 2.16 bits per heavy atom. The van der Waals surface area contributed by atoms with E-state index in [2.05, 4.69) is 45.3 Å². The number of fused-ring (bicyclic) bond motifs is 1. The Balaban J connectivity index is 1.87. The van der Waals surface area contributed by atoms with Crippen molar-refractivity contribution in [3.63, 3.8) is 0 Å². The Morgan fingerprint density at radius 1 is 1.42 bits per heavy atom. The number of hydrogen-bond donors (Lipinski definition) is 0. The topological polar surface area (TPSA) is 17.8 Å². The predicted molar refractivity (Wildman–Crippen MR) is 82.0 cm³/mol. The van der Waals surface area contributed by atoms with E-state index in [0.29, 0.717) is 10.7 Å². The molecule has 19 heavy (non-hydrogen) atoms. The highest BCUT2D eigenvalue weighted by Gasteiger charge is 2.31. The largest absolute Gasteiger partial charge is 0.257 e. The molecule has 1 heterocycles. The Morgan fingerprint density at radius 3 is 2.79 bits per heavy atom. The molecule has 3 rings (SSSR count). The monoisotopic (exact) mass is 338 g/mol. The number of hydrogen-bond acceptors (Lipinski definition) is 1. The lowest BCUT2D eigenvalue weighted by atomic mass is 9.97. The van der Waals surface area contributed by atoms with Gasteiger partial charge in [0.05, 0.1) is 5.69 Å². The van der Waals surface area contributed by atoms with Crippen LogP contribution in [-0.4, -0.2) is 9.78 Å². The maximum Gasteiger partial charge on any atom is 0.130 e. The highest BCUT2D eigenvalue weighted by Crippen LogP contribution is 2.44. The van der Waals surface area contributed by atoms with Crippen LogP contribution < -0.4 is 0 Å². The van der Waals surface area contributed by atoms with Gasteiger partial charge in [-0.1, -0.05) is 51.8 Å². The van der Waals surface area contributed by atoms with Crippen LogP contribution >= 0.6 is 27.5 Å². The van der Waals surface area contributed by atoms with Gasteiger partial charge in [-0.05, 0) is 36.8 Å². The SMILES string of the molecule is Cc1nn(C)c(Cl)c1CC1Cc2ccccc2C1Br. The number of rotatable bonds is 2. The minimum absolute atomic E-state index is 0.416. The molecule has 100 valence electrons. The molecular formula is C15H16BrClN2. The van der Waals surface area contributed by atoms with Gasteiger partial charge in [-0.15, -0.1) is 0 Å². The maximum absolute atomic E-state index is 6.34. The molecule has 2 atom stereocenters. The summed E-state index contributed by atoms with van der Waals surface area (Å²) in [4.78, 5) is 0.416. The fourth-order valence-corrected chi connectivity index (χ4v) is 4.04. The first-order valence-corrected chi connectivity index (χ1v) is 7.77. The number of benzene rings is 1. The van der Waals surface area contributed by atoms with Crippen molar-refractivity contribution in [2.45, 2.75) is 24.6 Å². The van der Waals surface area contributed by atoms with Crippen LogP contribution in [0.5, 0.6) is 0 Å². The van der Waals surface area contributed by atoms with Gasteiger partial charge in [0.25, 0.3) is 0 Å². The fraction of sp³-hybridized carbons (Fsp3) is 0.400. The van der Waals surface area contributed by atoms with Crippen LogP contribution in [-0.2, 0) is 19.9 Å². The van der Waals surface area contributed by atoms with Crippen molar-refractivity contribution in [2.24, 2.45) is 13.0 Å². The number of alkyl halides is 1. The zero-order valence-corrected chi connectivity index (χ0v) is 13.4. The van der Waals surface area contributed by atoms with Crippen molar-refractivity contribution in [3.8, 4) is 0 Å². The minimum Gasteiger partial charge on any atom is -0.257 e. The van der Waals surface area contributed by atoms with E-state index in [1.807, 2.05) is 14.0 Å². The van der Waals surface area contributed by atoms with Crippen LogP contribution in [0.15, 0.2) is 24.3 Å². The van der Waals surface area contributed by atoms with Crippen molar-refractivity contribution in [2.75, 3.05) is 0 Å². The van der Waals surface area contributed by atoms with Crippen LogP contribution in [0, 0.1) is 12.8 Å². The van der Waals surface area contributed by atoms with Crippen LogP contribution in [0.2, 0.25) is 5.15 Å². The normalized spacial score (nSPS) is 21.7. The lowest BCUT2D eigenvalue weighted by Gasteiger charge is -2.14. The quantitative estimate of drug-likeness (QED) is 0.749. The van der Waals surface area contributed by atoms with Crippen molar-refractivity contribution >= 4 is 27.5 Å². The zero-order chi connectivity index (χ0) is 13.6. The van der Waals surface area contributed by atoms with Crippen LogP contribution in [0.4, 0.5) is 0 Å². The molecule has 0 fully saturated rings. The van der Waals surface area contributed by atoms with Gasteiger partial charge in [-0.3, -0.25) is 4.68 Å². The van der Waals surface area contributed by atoms with Gasteiger partial charge in [0.15, 0.2) is 0 Å². The first kappa shape index (κ1) is 13.2. The molecule has 1 aromatic carbocycles. The Kier molecular flexibility index (Phi) is 3.44. The van der Waals surface area contributed by atoms with E-state index in [1.165, 1.54) is 16.7 Å². The number of halogens is 2. The number of aryl methyl sites for hydroxylation is 2. The first-order valence-electron chi connectivity index (χ1n) is 6.47. The lowest BCUT2D eigenvalue weighted by molar-refractivity contribution is 0.553. The van der Waals surface area contributed by atoms with E-state index in [4.69, 9.17) is 11.6 Å². The maximum atomic E-state index is 6.34. The smallest absolute Gasteiger partial charge is 0.130 e. The average Bonchev–Trinajstić information content (AvgIpc) is 2.83. The van der Waals surface area contributed by atoms with E-state index in [0.717, 1.165) is 23.7 Å². The molecule has 0 spiro atoms. The fourth-order valence-electron chi connectivity index (χ4n) is 2.97. The van der Waals surface area contributed by atoms with Gasteiger partial charge >= 0.3 is 0 Å². The summed E-state index contributed by atoms with van der Waals surface area (Å²) in [6.45, 7) is 2.03. The van der Waals surface area contributed by atoms with E-state index in [-0.39, 0.29) is 0 Å². The number of aromatic nitrogens is 2. The van der Waals surface area contributed by atoms with E-state index in [1.54, 1.807) is 4.68 Å². The summed E-state index contributed by atoms with van der Waals surface area (Å²) < 4.78 is 1.76. The van der Waals surface area contributed by atoms with Gasteiger partial charge in [0.1, 0.15) is 5.15 Å². The average molecular weight is 340 g/mol. The molecule has 1 aromatic heterocycles. The summed E-state index contributed by atoms with van der Waals surface area (Å²) in [5.41, 5.74) is 5.10. The van der Waals surface area contributed by atoms with Crippen LogP contribution in [0.25, 0.3) is 0 Å². The molecule has 0 amide bonds. The summed E-state index contributed by atoms with van der Waals surface area (Å²) in [5, 5.41) is 5.17. The second-order valence-corrected chi connectivity index (χ2v) is 6.59. The number of nitrogens with zero attached hydrogens (tertiary/aromatic N) is 2. The molecule has 1 aliphatic carbocycles. The Bertz CT molecular complexity index is 621. The molecule has 0 radical (unpaired) electrons. The van der Waals surface area contributed by atoms with E-state index < -0.39 is 0 Å². The summed E-state index contributed by atoms with van der Waals surface area (Å²) in [5.74, 6) is 0.554. The van der Waals surface area contributed by atoms with E-state index in [9.17, 15) is 0 Å². The third kappa shape index (κ3) is 2.23. The molecule has 0 N–H and O–H groups in total. The predicted octanol–water partition coefficient (Wildman–Crippen LogP) is 4.23. The highest BCUT2D eigenvalue weighted by atomic mass is 79.9. The van der Waals surface area contributed by atoms with Gasteiger partial charge in [-0.25, -0.2) is 0 Å². The van der Waals surface area contributed by atoms with Crippen LogP contribution in [0.3, 0.4) is 0 Å². The van der Waals surface area contributed by atoms with Crippen molar-refractivity contribution < 1.29 is 0 Å². The summed E-state index contributed by atoms with van der Waals surface area (Å²) in [6.07, 6.45) is 2.08. The Labute approximate surface area is 126 Å². The molecule has 0 aliphatic heterocycles. The highest BCUT2D eigenvalue weighted by molar-refractivity contribution is 9.09.